The van der Waals surface area contributed by atoms with Crippen molar-refractivity contribution in [2.24, 2.45) is 0 Å². The largest absolute Gasteiger partial charge is 0.333 e. The molecule has 110 valence electrons. The van der Waals surface area contributed by atoms with Crippen LogP contribution < -0.4 is 0 Å². The number of carbonyl (C=O) groups excluding carboxylic acids is 1. The van der Waals surface area contributed by atoms with Crippen molar-refractivity contribution in [1.29, 1.82) is 0 Å². The summed E-state index contributed by atoms with van der Waals surface area (Å²) in [5, 5.41) is 2.51. The molecule has 1 aliphatic rings. The van der Waals surface area contributed by atoms with E-state index in [9.17, 15) is 13.6 Å². The molecule has 7 heteroatoms. The molecule has 1 amide bonds. The average molecular weight is 309 g/mol. The van der Waals surface area contributed by atoms with Crippen LogP contribution in [0.5, 0.6) is 0 Å². The van der Waals surface area contributed by atoms with E-state index in [1.54, 1.807) is 11.6 Å². The fraction of sp³-hybridized carbons (Fsp3) is 0.357. The van der Waals surface area contributed by atoms with Crippen molar-refractivity contribution in [2.45, 2.75) is 25.3 Å². The quantitative estimate of drug-likeness (QED) is 0.872. The summed E-state index contributed by atoms with van der Waals surface area (Å²) in [5.41, 5.74) is 1.35. The molecule has 4 nitrogen and oxygen atoms in total. The van der Waals surface area contributed by atoms with Gasteiger partial charge in [-0.05, 0) is 18.6 Å². The van der Waals surface area contributed by atoms with Gasteiger partial charge < -0.3 is 4.90 Å². The SMILES string of the molecule is O=C(Cc1csc(-c2ccccn2)n1)N1CCC1C(F)F. The molecule has 0 bridgehead atoms. The van der Waals surface area contributed by atoms with Crippen molar-refractivity contribution >= 4 is 17.2 Å². The van der Waals surface area contributed by atoms with Crippen LogP contribution in [-0.4, -0.2) is 39.8 Å². The maximum absolute atomic E-state index is 12.6. The molecule has 0 N–H and O–H groups in total. The smallest absolute Gasteiger partial charge is 0.258 e. The van der Waals surface area contributed by atoms with E-state index in [1.165, 1.54) is 16.2 Å². The Morgan fingerprint density at radius 2 is 2.33 bits per heavy atom. The van der Waals surface area contributed by atoms with Gasteiger partial charge in [-0.25, -0.2) is 13.8 Å². The number of amides is 1. The zero-order valence-corrected chi connectivity index (χ0v) is 11.9. The lowest BCUT2D eigenvalue weighted by atomic mass is 10.0. The van der Waals surface area contributed by atoms with Gasteiger partial charge >= 0.3 is 0 Å². The lowest BCUT2D eigenvalue weighted by Gasteiger charge is -2.40. The summed E-state index contributed by atoms with van der Waals surface area (Å²) in [6.07, 6.45) is -0.358. The summed E-state index contributed by atoms with van der Waals surface area (Å²) in [6, 6.07) is 4.59. The van der Waals surface area contributed by atoms with Crippen molar-refractivity contribution in [2.75, 3.05) is 6.54 Å². The highest BCUT2D eigenvalue weighted by molar-refractivity contribution is 7.13. The van der Waals surface area contributed by atoms with E-state index in [1.807, 2.05) is 18.2 Å². The Morgan fingerprint density at radius 3 is 2.95 bits per heavy atom. The summed E-state index contributed by atoms with van der Waals surface area (Å²) in [5.74, 6) is -0.288. The van der Waals surface area contributed by atoms with Gasteiger partial charge in [0.1, 0.15) is 5.01 Å². The first-order chi connectivity index (χ1) is 10.1. The maximum atomic E-state index is 12.6. The van der Waals surface area contributed by atoms with Crippen LogP contribution in [0, 0.1) is 0 Å². The molecule has 0 aromatic carbocycles. The number of likely N-dealkylation sites (tertiary alicyclic amines) is 1. The van der Waals surface area contributed by atoms with Crippen LogP contribution in [0.1, 0.15) is 12.1 Å². The lowest BCUT2D eigenvalue weighted by Crippen LogP contribution is -2.55. The third kappa shape index (κ3) is 2.92. The van der Waals surface area contributed by atoms with E-state index >= 15 is 0 Å². The first kappa shape index (κ1) is 14.1. The summed E-state index contributed by atoms with van der Waals surface area (Å²) in [7, 11) is 0. The minimum absolute atomic E-state index is 0.0621. The van der Waals surface area contributed by atoms with E-state index in [4.69, 9.17) is 0 Å². The van der Waals surface area contributed by atoms with Crippen molar-refractivity contribution in [3.8, 4) is 10.7 Å². The van der Waals surface area contributed by atoms with Gasteiger partial charge in [0.15, 0.2) is 0 Å². The Labute approximate surface area is 124 Å². The topological polar surface area (TPSA) is 46.1 Å². The Bertz CT molecular complexity index is 632. The minimum atomic E-state index is -2.47. The summed E-state index contributed by atoms with van der Waals surface area (Å²) >= 11 is 1.40. The average Bonchev–Trinajstić information content (AvgIpc) is 2.86. The summed E-state index contributed by atoms with van der Waals surface area (Å²) in [6.45, 7) is 0.408. The normalized spacial score (nSPS) is 17.9. The van der Waals surface area contributed by atoms with E-state index in [0.717, 1.165) is 10.7 Å². The van der Waals surface area contributed by atoms with Crippen LogP contribution in [0.15, 0.2) is 29.8 Å². The molecule has 3 rings (SSSR count). The molecule has 1 unspecified atom stereocenters. The van der Waals surface area contributed by atoms with Crippen LogP contribution in [-0.2, 0) is 11.2 Å². The van der Waals surface area contributed by atoms with Crippen molar-refractivity contribution in [3.63, 3.8) is 0 Å². The number of halogens is 2. The molecule has 21 heavy (non-hydrogen) atoms. The van der Waals surface area contributed by atoms with Crippen LogP contribution >= 0.6 is 11.3 Å². The highest BCUT2D eigenvalue weighted by Crippen LogP contribution is 2.26. The van der Waals surface area contributed by atoms with Gasteiger partial charge in [-0.3, -0.25) is 9.78 Å². The van der Waals surface area contributed by atoms with E-state index in [-0.39, 0.29) is 12.3 Å². The number of rotatable bonds is 4. The molecule has 3 heterocycles. The number of hydrogen-bond acceptors (Lipinski definition) is 4. The zero-order chi connectivity index (χ0) is 14.8. The molecule has 1 saturated heterocycles. The van der Waals surface area contributed by atoms with E-state index < -0.39 is 12.5 Å². The molecule has 2 aromatic rings. The first-order valence-electron chi connectivity index (χ1n) is 6.58. The Morgan fingerprint density at radius 1 is 1.48 bits per heavy atom. The maximum Gasteiger partial charge on any atom is 0.258 e. The molecular formula is C14H13F2N3OS. The Hall–Kier alpha value is -1.89. The summed E-state index contributed by atoms with van der Waals surface area (Å²) in [4.78, 5) is 21.8. The molecule has 0 radical (unpaired) electrons. The highest BCUT2D eigenvalue weighted by atomic mass is 32.1. The standard InChI is InChI=1S/C14H13F2N3OS/c15-13(16)11-4-6-19(11)12(20)7-9-8-21-14(18-9)10-3-1-2-5-17-10/h1-3,5,8,11,13H,4,6-7H2. The predicted octanol–water partition coefficient (Wildman–Crippen LogP) is 2.61. The number of carbonyl (C=O) groups is 1. The second kappa shape index (κ2) is 5.85. The molecule has 1 aliphatic heterocycles. The van der Waals surface area contributed by atoms with Crippen LogP contribution in [0.3, 0.4) is 0 Å². The number of aromatic nitrogens is 2. The van der Waals surface area contributed by atoms with Gasteiger partial charge in [-0.1, -0.05) is 6.07 Å². The van der Waals surface area contributed by atoms with E-state index in [0.29, 0.717) is 18.7 Å². The van der Waals surface area contributed by atoms with Gasteiger partial charge in [0.05, 0.1) is 23.9 Å². The first-order valence-corrected chi connectivity index (χ1v) is 7.46. The van der Waals surface area contributed by atoms with Gasteiger partial charge in [0.2, 0.25) is 5.91 Å². The number of nitrogens with zero attached hydrogens (tertiary/aromatic N) is 3. The lowest BCUT2D eigenvalue weighted by molar-refractivity contribution is -0.144. The number of thiazole rings is 1. The fourth-order valence-electron chi connectivity index (χ4n) is 2.23. The Balaban J connectivity index is 1.66. The van der Waals surface area contributed by atoms with Crippen molar-refractivity contribution in [3.05, 3.63) is 35.5 Å². The fourth-order valence-corrected chi connectivity index (χ4v) is 3.03. The second-order valence-electron chi connectivity index (χ2n) is 4.81. The van der Waals surface area contributed by atoms with Crippen molar-refractivity contribution < 1.29 is 13.6 Å². The van der Waals surface area contributed by atoms with Crippen LogP contribution in [0.4, 0.5) is 8.78 Å². The third-order valence-electron chi connectivity index (χ3n) is 3.45. The van der Waals surface area contributed by atoms with Crippen LogP contribution in [0.2, 0.25) is 0 Å². The van der Waals surface area contributed by atoms with Gasteiger partial charge in [-0.15, -0.1) is 11.3 Å². The minimum Gasteiger partial charge on any atom is -0.333 e. The van der Waals surface area contributed by atoms with Gasteiger partial charge in [0, 0.05) is 18.1 Å². The number of alkyl halides is 2. The Kier molecular flexibility index (Phi) is 3.92. The van der Waals surface area contributed by atoms with Gasteiger partial charge in [-0.2, -0.15) is 0 Å². The molecule has 0 spiro atoms. The molecule has 0 aliphatic carbocycles. The molecule has 1 atom stereocenters. The van der Waals surface area contributed by atoms with Crippen molar-refractivity contribution in [1.82, 2.24) is 14.9 Å². The molecule has 0 saturated carbocycles. The van der Waals surface area contributed by atoms with E-state index in [2.05, 4.69) is 9.97 Å². The van der Waals surface area contributed by atoms with Crippen LogP contribution in [0.25, 0.3) is 10.7 Å². The van der Waals surface area contributed by atoms with Gasteiger partial charge in [0.25, 0.3) is 6.43 Å². The zero-order valence-electron chi connectivity index (χ0n) is 11.1. The second-order valence-corrected chi connectivity index (χ2v) is 5.67. The third-order valence-corrected chi connectivity index (χ3v) is 4.36. The number of hydrogen-bond donors (Lipinski definition) is 0. The summed E-state index contributed by atoms with van der Waals surface area (Å²) < 4.78 is 25.3. The predicted molar refractivity (Wildman–Crippen MR) is 75.2 cm³/mol. The number of pyridine rings is 1. The highest BCUT2D eigenvalue weighted by Gasteiger charge is 2.38. The molecule has 2 aromatic heterocycles. The molecule has 1 fully saturated rings. The monoisotopic (exact) mass is 309 g/mol. The molecular weight excluding hydrogens is 296 g/mol.